The topological polar surface area (TPSA) is 153 Å². The lowest BCUT2D eigenvalue weighted by Gasteiger charge is -2.31. The summed E-state index contributed by atoms with van der Waals surface area (Å²) in [5.41, 5.74) is 6.33. The average molecular weight is 989 g/mol. The highest BCUT2D eigenvalue weighted by molar-refractivity contribution is 5.95. The van der Waals surface area contributed by atoms with Crippen LogP contribution in [-0.4, -0.2) is 93.3 Å². The summed E-state index contributed by atoms with van der Waals surface area (Å²) in [6.07, 6.45) is 2.22. The van der Waals surface area contributed by atoms with E-state index in [1.165, 1.54) is 0 Å². The molecular weight excluding hydrogens is 906 g/mol. The Morgan fingerprint density at radius 1 is 0.414 bits per heavy atom. The van der Waals surface area contributed by atoms with Gasteiger partial charge >= 0.3 is 12.2 Å². The number of carbonyl (C=O) groups excluding carboxylic acids is 4. The molecule has 0 bridgehead atoms. The summed E-state index contributed by atoms with van der Waals surface area (Å²) in [7, 11) is 4.20. The van der Waals surface area contributed by atoms with Gasteiger partial charge < -0.3 is 46.5 Å². The fourth-order valence-corrected chi connectivity index (χ4v) is 6.08. The number of likely N-dealkylation sites (N-methyl/N-ethyl adjacent to an activating group) is 1. The number of quaternary nitrogens is 1. The van der Waals surface area contributed by atoms with Gasteiger partial charge in [0, 0.05) is 40.2 Å². The second-order valence-corrected chi connectivity index (χ2v) is 22.1. The number of ether oxygens (including phenoxy) is 4. The molecule has 0 radical (unpaired) electrons. The zero-order chi connectivity index (χ0) is 51.5. The predicted molar refractivity (Wildman–Crippen MR) is 280 cm³/mol. The van der Waals surface area contributed by atoms with Gasteiger partial charge in [0.1, 0.15) is 19.7 Å². The van der Waals surface area contributed by atoms with Crippen LogP contribution in [0.3, 0.4) is 0 Å². The highest BCUT2D eigenvalue weighted by Gasteiger charge is 2.23. The van der Waals surface area contributed by atoms with Gasteiger partial charge in [0.2, 0.25) is 11.8 Å². The minimum absolute atomic E-state index is 0. The van der Waals surface area contributed by atoms with E-state index in [0.29, 0.717) is 48.8 Å². The molecule has 13 nitrogen and oxygen atoms in total. The summed E-state index contributed by atoms with van der Waals surface area (Å²) in [6.45, 7) is 27.1. The first-order valence-corrected chi connectivity index (χ1v) is 24.0. The van der Waals surface area contributed by atoms with Crippen LogP contribution in [0, 0.1) is 10.8 Å². The molecule has 70 heavy (non-hydrogen) atoms. The number of anilines is 4. The quantitative estimate of drug-likeness (QED) is 0.0537. The molecule has 0 saturated carbocycles. The van der Waals surface area contributed by atoms with Crippen LogP contribution in [0.5, 0.6) is 0 Å². The molecule has 0 atom stereocenters. The first-order chi connectivity index (χ1) is 32.0. The van der Waals surface area contributed by atoms with E-state index < -0.39 is 23.0 Å². The second-order valence-electron chi connectivity index (χ2n) is 22.1. The lowest BCUT2D eigenvalue weighted by Crippen LogP contribution is -3.00. The number of halogens is 1. The normalized spacial score (nSPS) is 11.8. The highest BCUT2D eigenvalue weighted by Crippen LogP contribution is 2.22. The van der Waals surface area contributed by atoms with Crippen LogP contribution < -0.4 is 33.7 Å². The minimum Gasteiger partial charge on any atom is -1.00 e. The monoisotopic (exact) mass is 988 g/mol. The van der Waals surface area contributed by atoms with E-state index in [-0.39, 0.29) is 35.4 Å². The first-order valence-electron chi connectivity index (χ1n) is 24.0. The first kappa shape index (κ1) is 60.7. The van der Waals surface area contributed by atoms with Crippen molar-refractivity contribution in [2.45, 2.75) is 120 Å². The minimum atomic E-state index is -0.457. The van der Waals surface area contributed by atoms with Crippen molar-refractivity contribution in [1.29, 1.82) is 0 Å². The van der Waals surface area contributed by atoms with E-state index in [4.69, 9.17) is 18.9 Å². The molecule has 0 fully saturated rings. The molecule has 0 heterocycles. The summed E-state index contributed by atoms with van der Waals surface area (Å²) in [4.78, 5) is 48.4. The Labute approximate surface area is 425 Å². The predicted octanol–water partition coefficient (Wildman–Crippen LogP) is 9.11. The molecule has 4 aromatic rings. The van der Waals surface area contributed by atoms with Gasteiger partial charge in [-0.05, 0) is 138 Å². The van der Waals surface area contributed by atoms with E-state index in [9.17, 15) is 19.2 Å². The maximum Gasteiger partial charge on any atom is 0.411 e. The fraction of sp³-hybridized carbons (Fsp3) is 0.500. The van der Waals surface area contributed by atoms with Crippen LogP contribution in [0.15, 0.2) is 97.1 Å². The van der Waals surface area contributed by atoms with Gasteiger partial charge in [-0.2, -0.15) is 0 Å². The Morgan fingerprint density at radius 2 is 0.700 bits per heavy atom. The van der Waals surface area contributed by atoms with Crippen molar-refractivity contribution < 1.29 is 55.0 Å². The number of unbranched alkanes of at least 4 members (excludes halogenated alkanes) is 1. The third-order valence-electron chi connectivity index (χ3n) is 10.5. The summed E-state index contributed by atoms with van der Waals surface area (Å²) in [6, 6.07) is 31.1. The van der Waals surface area contributed by atoms with Gasteiger partial charge in [-0.1, -0.05) is 90.1 Å². The van der Waals surface area contributed by atoms with Crippen molar-refractivity contribution in [2.75, 3.05) is 74.9 Å². The Kier molecular flexibility index (Phi) is 24.1. The number of amides is 4. The largest absolute Gasteiger partial charge is 1.00 e. The molecule has 4 rings (SSSR count). The molecule has 0 aliphatic rings. The number of nitrogens with zero attached hydrogens (tertiary/aromatic N) is 1. The summed E-state index contributed by atoms with van der Waals surface area (Å²) in [5, 5.41) is 11.4. The van der Waals surface area contributed by atoms with Crippen LogP contribution in [-0.2, 0) is 41.4 Å². The number of carbonyl (C=O) groups is 4. The Hall–Kier alpha value is -5.47. The number of benzene rings is 4. The molecule has 4 N–H and O–H groups in total. The summed E-state index contributed by atoms with van der Waals surface area (Å²) in [5.74, 6) is -0.0169. The number of rotatable bonds is 19. The third kappa shape index (κ3) is 25.9. The molecule has 14 heteroatoms. The standard InChI is InChI=1S/C29H43N3O4.C27H38N2O4.ClH/c1-28(2,3)26(33)30-24-13-9-22(10-14-24)21-23-11-15-25(16-12-23)31-27(34)35-19-17-32(7,8)18-20-36-29(4,5)6;1-26(2,3)24(30)28-22-13-9-20(10-14-22)19-21-11-15-23(16-12-21)29-25(31)32-17-7-8-18-33-27(4,5)6;/h9-16H,17-21H2,1-8H3,(H-,30,31,33,34);9-16H,7-8,17-19H2,1-6H3,(H,28,30)(H,29,31);1H. The molecule has 0 spiro atoms. The van der Waals surface area contributed by atoms with Crippen LogP contribution in [0.4, 0.5) is 32.3 Å². The van der Waals surface area contributed by atoms with Gasteiger partial charge in [0.25, 0.3) is 0 Å². The van der Waals surface area contributed by atoms with Gasteiger partial charge in [0.05, 0.1) is 38.5 Å². The Bertz CT molecular complexity index is 2200. The van der Waals surface area contributed by atoms with Crippen molar-refractivity contribution in [2.24, 2.45) is 10.8 Å². The van der Waals surface area contributed by atoms with Crippen molar-refractivity contribution in [3.8, 4) is 0 Å². The van der Waals surface area contributed by atoms with Crippen LogP contribution in [0.2, 0.25) is 0 Å². The maximum absolute atomic E-state index is 12.2. The van der Waals surface area contributed by atoms with E-state index >= 15 is 0 Å². The van der Waals surface area contributed by atoms with E-state index in [0.717, 1.165) is 65.9 Å². The van der Waals surface area contributed by atoms with E-state index in [2.05, 4.69) is 35.4 Å². The molecule has 0 aliphatic carbocycles. The number of hydrogen-bond donors (Lipinski definition) is 4. The smallest absolute Gasteiger partial charge is 0.411 e. The van der Waals surface area contributed by atoms with Crippen molar-refractivity contribution in [3.63, 3.8) is 0 Å². The maximum atomic E-state index is 12.2. The fourth-order valence-electron chi connectivity index (χ4n) is 6.08. The number of nitrogens with one attached hydrogen (secondary N) is 4. The highest BCUT2D eigenvalue weighted by atomic mass is 35.5. The van der Waals surface area contributed by atoms with Crippen LogP contribution >= 0.6 is 0 Å². The average Bonchev–Trinajstić information content (AvgIpc) is 3.23. The van der Waals surface area contributed by atoms with Crippen molar-refractivity contribution in [3.05, 3.63) is 119 Å². The molecular formula is C56H82ClN5O8. The summed E-state index contributed by atoms with van der Waals surface area (Å²) >= 11 is 0. The number of hydrogen-bond acceptors (Lipinski definition) is 8. The Morgan fingerprint density at radius 3 is 1.03 bits per heavy atom. The molecule has 386 valence electrons. The SMILES string of the molecule is CC(C)(C)OCCCCOC(=O)Nc1ccc(Cc2ccc(NC(=O)C(C)(C)C)cc2)cc1.CC(C)(C)OCC[N+](C)(C)CCOC(=O)Nc1ccc(Cc2ccc(NC(=O)C(C)(C)C)cc2)cc1.[Cl-]. The van der Waals surface area contributed by atoms with Crippen LogP contribution in [0.25, 0.3) is 0 Å². The second kappa shape index (κ2) is 27.8. The zero-order valence-electron chi connectivity index (χ0n) is 44.4. The third-order valence-corrected chi connectivity index (χ3v) is 10.5. The van der Waals surface area contributed by atoms with Crippen molar-refractivity contribution in [1.82, 2.24) is 0 Å². The van der Waals surface area contributed by atoms with Gasteiger partial charge in [0.15, 0.2) is 0 Å². The molecule has 0 unspecified atom stereocenters. The molecule has 4 aromatic carbocycles. The zero-order valence-corrected chi connectivity index (χ0v) is 45.2. The molecule has 0 aromatic heterocycles. The molecule has 0 aliphatic heterocycles. The lowest BCUT2D eigenvalue weighted by molar-refractivity contribution is -0.891. The Balaban J connectivity index is 0.000000475. The van der Waals surface area contributed by atoms with E-state index in [1.807, 2.05) is 180 Å². The molecule has 4 amide bonds. The summed E-state index contributed by atoms with van der Waals surface area (Å²) < 4.78 is 22.8. The van der Waals surface area contributed by atoms with E-state index in [1.54, 1.807) is 0 Å². The van der Waals surface area contributed by atoms with Gasteiger partial charge in [-0.3, -0.25) is 20.2 Å². The van der Waals surface area contributed by atoms with Crippen molar-refractivity contribution >= 4 is 46.8 Å². The van der Waals surface area contributed by atoms with Crippen LogP contribution in [0.1, 0.15) is 118 Å². The van der Waals surface area contributed by atoms with Gasteiger partial charge in [-0.25, -0.2) is 9.59 Å². The lowest BCUT2D eigenvalue weighted by atomic mass is 9.95. The molecule has 0 saturated heterocycles. The van der Waals surface area contributed by atoms with Gasteiger partial charge in [-0.15, -0.1) is 0 Å².